The van der Waals surface area contributed by atoms with Crippen LogP contribution in [0.15, 0.2) is 0 Å². The lowest BCUT2D eigenvalue weighted by molar-refractivity contribution is 0.0862. The van der Waals surface area contributed by atoms with Gasteiger partial charge in [0.05, 0.1) is 6.10 Å². The average Bonchev–Trinajstić information content (AvgIpc) is 2.26. The number of aliphatic hydroxyl groups excluding tert-OH is 1. The molecule has 1 aliphatic rings. The van der Waals surface area contributed by atoms with Crippen molar-refractivity contribution in [1.82, 2.24) is 0 Å². The van der Waals surface area contributed by atoms with E-state index in [1.807, 2.05) is 11.8 Å². The Kier molecular flexibility index (Phi) is 5.95. The summed E-state index contributed by atoms with van der Waals surface area (Å²) in [6.07, 6.45) is 6.49. The van der Waals surface area contributed by atoms with Crippen molar-refractivity contribution in [2.45, 2.75) is 52.1 Å². The largest absolute Gasteiger partial charge is 0.392 e. The summed E-state index contributed by atoms with van der Waals surface area (Å²) in [6.45, 7) is 4.44. The summed E-state index contributed by atoms with van der Waals surface area (Å²) in [5.41, 5.74) is 0. The standard InChI is InChI=1S/C12H24OS/c1-3-10-6-5-7-11(8-10)12(13)9-14-4-2/h10-13H,3-9H2,1-2H3. The predicted molar refractivity (Wildman–Crippen MR) is 64.7 cm³/mol. The molecule has 1 fully saturated rings. The fourth-order valence-corrected chi connectivity index (χ4v) is 3.18. The molecule has 1 rings (SSSR count). The van der Waals surface area contributed by atoms with Gasteiger partial charge in [0.15, 0.2) is 0 Å². The summed E-state index contributed by atoms with van der Waals surface area (Å²) >= 11 is 1.87. The number of aliphatic hydroxyl groups is 1. The van der Waals surface area contributed by atoms with Gasteiger partial charge in [-0.15, -0.1) is 0 Å². The molecule has 0 aliphatic heterocycles. The van der Waals surface area contributed by atoms with Gasteiger partial charge in [0, 0.05) is 5.75 Å². The van der Waals surface area contributed by atoms with E-state index in [-0.39, 0.29) is 6.10 Å². The minimum Gasteiger partial charge on any atom is -0.392 e. The SMILES string of the molecule is CCSCC(O)C1CCCC(CC)C1. The van der Waals surface area contributed by atoms with Gasteiger partial charge < -0.3 is 5.11 Å². The Morgan fingerprint density at radius 2 is 2.14 bits per heavy atom. The molecule has 84 valence electrons. The second-order valence-corrected chi connectivity index (χ2v) is 5.75. The van der Waals surface area contributed by atoms with Crippen LogP contribution in [0.5, 0.6) is 0 Å². The van der Waals surface area contributed by atoms with E-state index in [9.17, 15) is 5.11 Å². The molecule has 1 N–H and O–H groups in total. The molecule has 0 spiro atoms. The van der Waals surface area contributed by atoms with Crippen LogP contribution in [0.25, 0.3) is 0 Å². The second-order valence-electron chi connectivity index (χ2n) is 4.43. The van der Waals surface area contributed by atoms with E-state index < -0.39 is 0 Å². The van der Waals surface area contributed by atoms with Gasteiger partial charge >= 0.3 is 0 Å². The van der Waals surface area contributed by atoms with Crippen molar-refractivity contribution in [3.63, 3.8) is 0 Å². The van der Waals surface area contributed by atoms with Crippen LogP contribution in [-0.4, -0.2) is 22.7 Å². The first-order valence-corrected chi connectivity index (χ1v) is 7.19. The van der Waals surface area contributed by atoms with Gasteiger partial charge in [-0.05, 0) is 30.4 Å². The van der Waals surface area contributed by atoms with Gasteiger partial charge in [-0.3, -0.25) is 0 Å². The summed E-state index contributed by atoms with van der Waals surface area (Å²) in [7, 11) is 0. The van der Waals surface area contributed by atoms with E-state index in [0.29, 0.717) is 5.92 Å². The number of hydrogen-bond acceptors (Lipinski definition) is 2. The average molecular weight is 216 g/mol. The number of rotatable bonds is 5. The summed E-state index contributed by atoms with van der Waals surface area (Å²) < 4.78 is 0. The maximum Gasteiger partial charge on any atom is 0.0658 e. The van der Waals surface area contributed by atoms with E-state index in [2.05, 4.69) is 13.8 Å². The van der Waals surface area contributed by atoms with Crippen LogP contribution < -0.4 is 0 Å². The Bertz CT molecular complexity index is 149. The molecular formula is C12H24OS. The Hall–Kier alpha value is 0.310. The van der Waals surface area contributed by atoms with Gasteiger partial charge in [0.1, 0.15) is 0 Å². The molecule has 0 amide bonds. The summed E-state index contributed by atoms with van der Waals surface area (Å²) in [5.74, 6) is 3.54. The molecule has 2 heteroatoms. The van der Waals surface area contributed by atoms with Crippen molar-refractivity contribution in [1.29, 1.82) is 0 Å². The molecule has 3 atom stereocenters. The zero-order valence-electron chi connectivity index (χ0n) is 9.54. The minimum absolute atomic E-state index is 0.0469. The van der Waals surface area contributed by atoms with Crippen molar-refractivity contribution in [3.05, 3.63) is 0 Å². The lowest BCUT2D eigenvalue weighted by Crippen LogP contribution is -2.28. The molecule has 0 radical (unpaired) electrons. The minimum atomic E-state index is -0.0469. The first kappa shape index (κ1) is 12.4. The van der Waals surface area contributed by atoms with Crippen LogP contribution in [0, 0.1) is 11.8 Å². The van der Waals surface area contributed by atoms with Crippen LogP contribution >= 0.6 is 11.8 Å². The maximum atomic E-state index is 10.00. The Labute approximate surface area is 92.7 Å². The van der Waals surface area contributed by atoms with Crippen molar-refractivity contribution in [2.75, 3.05) is 11.5 Å². The fraction of sp³-hybridized carbons (Fsp3) is 1.00. The number of hydrogen-bond donors (Lipinski definition) is 1. The zero-order valence-corrected chi connectivity index (χ0v) is 10.4. The summed E-state index contributed by atoms with van der Waals surface area (Å²) in [6, 6.07) is 0. The molecule has 0 saturated heterocycles. The lowest BCUT2D eigenvalue weighted by atomic mass is 9.78. The number of thioether (sulfide) groups is 1. The molecule has 1 saturated carbocycles. The van der Waals surface area contributed by atoms with E-state index in [1.165, 1.54) is 32.1 Å². The van der Waals surface area contributed by atoms with E-state index in [1.54, 1.807) is 0 Å². The highest BCUT2D eigenvalue weighted by molar-refractivity contribution is 7.99. The highest BCUT2D eigenvalue weighted by atomic mass is 32.2. The monoisotopic (exact) mass is 216 g/mol. The van der Waals surface area contributed by atoms with Crippen LogP contribution in [0.1, 0.15) is 46.0 Å². The van der Waals surface area contributed by atoms with Crippen molar-refractivity contribution < 1.29 is 5.11 Å². The maximum absolute atomic E-state index is 10.00. The normalized spacial score (nSPS) is 30.2. The van der Waals surface area contributed by atoms with Crippen LogP contribution in [0.4, 0.5) is 0 Å². The van der Waals surface area contributed by atoms with Crippen molar-refractivity contribution in [2.24, 2.45) is 11.8 Å². The first-order valence-electron chi connectivity index (χ1n) is 6.03. The molecule has 0 aromatic heterocycles. The first-order chi connectivity index (χ1) is 6.77. The summed E-state index contributed by atoms with van der Waals surface area (Å²) in [5, 5.41) is 10.00. The van der Waals surface area contributed by atoms with E-state index in [4.69, 9.17) is 0 Å². The van der Waals surface area contributed by atoms with E-state index >= 15 is 0 Å². The third-order valence-corrected chi connectivity index (χ3v) is 4.42. The second kappa shape index (κ2) is 6.73. The highest BCUT2D eigenvalue weighted by Gasteiger charge is 2.26. The highest BCUT2D eigenvalue weighted by Crippen LogP contribution is 2.33. The molecule has 1 nitrogen and oxygen atoms in total. The molecule has 1 aliphatic carbocycles. The molecule has 0 bridgehead atoms. The van der Waals surface area contributed by atoms with Gasteiger partial charge in [-0.25, -0.2) is 0 Å². The fourth-order valence-electron chi connectivity index (χ4n) is 2.43. The van der Waals surface area contributed by atoms with Gasteiger partial charge in [-0.1, -0.05) is 33.1 Å². The Balaban J connectivity index is 2.27. The van der Waals surface area contributed by atoms with E-state index in [0.717, 1.165) is 17.4 Å². The third-order valence-electron chi connectivity index (χ3n) is 3.44. The van der Waals surface area contributed by atoms with Crippen molar-refractivity contribution >= 4 is 11.8 Å². The van der Waals surface area contributed by atoms with Crippen LogP contribution in [0.3, 0.4) is 0 Å². The predicted octanol–water partition coefficient (Wildman–Crippen LogP) is 3.32. The van der Waals surface area contributed by atoms with Gasteiger partial charge in [0.25, 0.3) is 0 Å². The van der Waals surface area contributed by atoms with Gasteiger partial charge in [0.2, 0.25) is 0 Å². The van der Waals surface area contributed by atoms with Gasteiger partial charge in [-0.2, -0.15) is 11.8 Å². The smallest absolute Gasteiger partial charge is 0.0658 e. The molecule has 3 unspecified atom stereocenters. The molecule has 0 heterocycles. The Morgan fingerprint density at radius 3 is 2.79 bits per heavy atom. The topological polar surface area (TPSA) is 20.2 Å². The Morgan fingerprint density at radius 1 is 1.36 bits per heavy atom. The zero-order chi connectivity index (χ0) is 10.4. The lowest BCUT2D eigenvalue weighted by Gasteiger charge is -2.31. The quantitative estimate of drug-likeness (QED) is 0.761. The summed E-state index contributed by atoms with van der Waals surface area (Å²) in [4.78, 5) is 0. The van der Waals surface area contributed by atoms with Crippen molar-refractivity contribution in [3.8, 4) is 0 Å². The van der Waals surface area contributed by atoms with Crippen LogP contribution in [-0.2, 0) is 0 Å². The molecule has 14 heavy (non-hydrogen) atoms. The molecule has 0 aromatic rings. The third kappa shape index (κ3) is 3.82. The molecular weight excluding hydrogens is 192 g/mol. The van der Waals surface area contributed by atoms with Crippen LogP contribution in [0.2, 0.25) is 0 Å². The molecule has 0 aromatic carbocycles.